The molecule has 3 heterocycles. The molecule has 1 atom stereocenters. The maximum absolute atomic E-state index is 10.1. The van der Waals surface area contributed by atoms with Gasteiger partial charge in [0.25, 0.3) is 0 Å². The lowest BCUT2D eigenvalue weighted by Gasteiger charge is -2.31. The summed E-state index contributed by atoms with van der Waals surface area (Å²) in [6, 6.07) is 18.6. The zero-order valence-corrected chi connectivity index (χ0v) is 21.0. The van der Waals surface area contributed by atoms with Gasteiger partial charge in [0.2, 0.25) is 0 Å². The third-order valence-corrected chi connectivity index (χ3v) is 7.55. The molecule has 2 N–H and O–H groups in total. The molecule has 6 rings (SSSR count). The molecule has 3 aromatic rings. The zero-order chi connectivity index (χ0) is 25.2. The average molecular weight is 500 g/mol. The van der Waals surface area contributed by atoms with Crippen LogP contribution in [0.15, 0.2) is 60.7 Å². The summed E-state index contributed by atoms with van der Waals surface area (Å²) in [5.41, 5.74) is 5.02. The Morgan fingerprint density at radius 3 is 2.27 bits per heavy atom. The van der Waals surface area contributed by atoms with E-state index in [2.05, 4.69) is 17.0 Å². The van der Waals surface area contributed by atoms with Crippen molar-refractivity contribution in [2.75, 3.05) is 32.8 Å². The van der Waals surface area contributed by atoms with Crippen LogP contribution >= 0.6 is 0 Å². The monoisotopic (exact) mass is 499 g/mol. The van der Waals surface area contributed by atoms with Gasteiger partial charge in [0.1, 0.15) is 41.5 Å². The van der Waals surface area contributed by atoms with E-state index in [1.54, 1.807) is 24.3 Å². The summed E-state index contributed by atoms with van der Waals surface area (Å²) in [4.78, 5) is 2.50. The van der Waals surface area contributed by atoms with E-state index >= 15 is 0 Å². The predicted molar refractivity (Wildman–Crippen MR) is 143 cm³/mol. The van der Waals surface area contributed by atoms with Gasteiger partial charge in [-0.1, -0.05) is 25.0 Å². The molecule has 3 aromatic carbocycles. The van der Waals surface area contributed by atoms with E-state index < -0.39 is 0 Å². The van der Waals surface area contributed by atoms with Crippen molar-refractivity contribution in [2.24, 2.45) is 0 Å². The maximum Gasteiger partial charge on any atom is 0.150 e. The highest BCUT2D eigenvalue weighted by Crippen LogP contribution is 2.51. The van der Waals surface area contributed by atoms with E-state index in [4.69, 9.17) is 14.2 Å². The second kappa shape index (κ2) is 10.4. The second-order valence-corrected chi connectivity index (χ2v) is 10.0. The molecule has 0 bridgehead atoms. The molecular weight excluding hydrogens is 466 g/mol. The topological polar surface area (TPSA) is 71.4 Å². The fourth-order valence-electron chi connectivity index (χ4n) is 5.66. The smallest absolute Gasteiger partial charge is 0.150 e. The molecule has 0 radical (unpaired) electrons. The van der Waals surface area contributed by atoms with Crippen LogP contribution in [0.2, 0.25) is 0 Å². The van der Waals surface area contributed by atoms with Gasteiger partial charge in [0, 0.05) is 41.8 Å². The van der Waals surface area contributed by atoms with Gasteiger partial charge in [-0.3, -0.25) is 4.90 Å². The first kappa shape index (κ1) is 23.7. The van der Waals surface area contributed by atoms with Gasteiger partial charge in [-0.15, -0.1) is 0 Å². The van der Waals surface area contributed by atoms with Gasteiger partial charge in [0.05, 0.1) is 6.61 Å². The number of ether oxygens (including phenoxy) is 3. The normalized spacial score (nSPS) is 19.4. The van der Waals surface area contributed by atoms with E-state index in [1.807, 2.05) is 24.3 Å². The van der Waals surface area contributed by atoms with Crippen molar-refractivity contribution in [3.63, 3.8) is 0 Å². The summed E-state index contributed by atoms with van der Waals surface area (Å²) in [5.74, 6) is 2.49. The number of fused-ring (bicyclic) bond motifs is 4. The van der Waals surface area contributed by atoms with Crippen LogP contribution in [0.5, 0.6) is 28.7 Å². The van der Waals surface area contributed by atoms with Crippen LogP contribution in [0.4, 0.5) is 0 Å². The van der Waals surface area contributed by atoms with Gasteiger partial charge in [-0.2, -0.15) is 0 Å². The van der Waals surface area contributed by atoms with Crippen molar-refractivity contribution >= 4 is 11.1 Å². The Labute approximate surface area is 217 Å². The SMILES string of the molecule is Oc1ccc2c(c1)O[C@H](c1ccc(OCCN3CCCCCC3)cc1)C1=C2CCOc2cc(O)ccc21. The van der Waals surface area contributed by atoms with Crippen molar-refractivity contribution in [1.82, 2.24) is 4.90 Å². The Morgan fingerprint density at radius 1 is 0.811 bits per heavy atom. The molecule has 6 nitrogen and oxygen atoms in total. The first-order valence-corrected chi connectivity index (χ1v) is 13.3. The Morgan fingerprint density at radius 2 is 1.51 bits per heavy atom. The van der Waals surface area contributed by atoms with Crippen LogP contribution in [0.25, 0.3) is 11.1 Å². The Bertz CT molecular complexity index is 1290. The number of phenols is 2. The minimum absolute atomic E-state index is 0.170. The summed E-state index contributed by atoms with van der Waals surface area (Å²) in [5, 5.41) is 20.2. The number of likely N-dealkylation sites (tertiary alicyclic amines) is 1. The molecule has 3 aliphatic rings. The summed E-state index contributed by atoms with van der Waals surface area (Å²) < 4.78 is 18.7. The van der Waals surface area contributed by atoms with Crippen LogP contribution in [0.1, 0.15) is 54.9 Å². The van der Waals surface area contributed by atoms with Gasteiger partial charge < -0.3 is 24.4 Å². The molecule has 0 saturated carbocycles. The average Bonchev–Trinajstić information content (AvgIpc) is 3.27. The molecule has 37 heavy (non-hydrogen) atoms. The van der Waals surface area contributed by atoms with Crippen LogP contribution in [-0.2, 0) is 0 Å². The van der Waals surface area contributed by atoms with Crippen LogP contribution in [-0.4, -0.2) is 48.0 Å². The van der Waals surface area contributed by atoms with Gasteiger partial charge >= 0.3 is 0 Å². The van der Waals surface area contributed by atoms with Crippen molar-refractivity contribution in [3.05, 3.63) is 77.4 Å². The highest BCUT2D eigenvalue weighted by Gasteiger charge is 2.34. The summed E-state index contributed by atoms with van der Waals surface area (Å²) in [6.45, 7) is 4.45. The first-order valence-electron chi connectivity index (χ1n) is 13.3. The molecule has 1 fully saturated rings. The highest BCUT2D eigenvalue weighted by molar-refractivity contribution is 5.98. The number of benzene rings is 3. The van der Waals surface area contributed by atoms with Crippen LogP contribution in [0, 0.1) is 0 Å². The molecule has 0 aliphatic carbocycles. The molecule has 0 aromatic heterocycles. The molecule has 0 amide bonds. The van der Waals surface area contributed by atoms with E-state index in [-0.39, 0.29) is 17.6 Å². The van der Waals surface area contributed by atoms with Gasteiger partial charge in [-0.05, 0) is 73.5 Å². The Balaban J connectivity index is 1.28. The summed E-state index contributed by atoms with van der Waals surface area (Å²) >= 11 is 0. The van der Waals surface area contributed by atoms with Crippen molar-refractivity contribution < 1.29 is 24.4 Å². The van der Waals surface area contributed by atoms with E-state index in [9.17, 15) is 10.2 Å². The number of phenolic OH excluding ortho intramolecular Hbond substituents is 2. The molecule has 6 heteroatoms. The summed E-state index contributed by atoms with van der Waals surface area (Å²) in [7, 11) is 0. The largest absolute Gasteiger partial charge is 0.508 e. The van der Waals surface area contributed by atoms with Crippen molar-refractivity contribution in [3.8, 4) is 28.7 Å². The Kier molecular flexibility index (Phi) is 6.66. The quantitative estimate of drug-likeness (QED) is 0.437. The molecule has 0 unspecified atom stereocenters. The lowest BCUT2D eigenvalue weighted by Crippen LogP contribution is -2.29. The zero-order valence-electron chi connectivity index (χ0n) is 21.0. The molecular formula is C31H33NO5. The molecule has 3 aliphatic heterocycles. The second-order valence-electron chi connectivity index (χ2n) is 10.0. The van der Waals surface area contributed by atoms with E-state index in [1.165, 1.54) is 38.8 Å². The van der Waals surface area contributed by atoms with Crippen LogP contribution in [0.3, 0.4) is 0 Å². The third-order valence-electron chi connectivity index (χ3n) is 7.55. The predicted octanol–water partition coefficient (Wildman–Crippen LogP) is 6.18. The fourth-order valence-corrected chi connectivity index (χ4v) is 5.66. The number of rotatable bonds is 5. The number of aromatic hydroxyl groups is 2. The third kappa shape index (κ3) is 4.98. The van der Waals surface area contributed by atoms with Gasteiger partial charge in [0.15, 0.2) is 0 Å². The highest BCUT2D eigenvalue weighted by atomic mass is 16.5. The lowest BCUT2D eigenvalue weighted by atomic mass is 9.84. The van der Waals surface area contributed by atoms with E-state index in [0.717, 1.165) is 40.1 Å². The Hall–Kier alpha value is -3.64. The maximum atomic E-state index is 10.1. The molecule has 0 spiro atoms. The summed E-state index contributed by atoms with van der Waals surface area (Å²) in [6.07, 6.45) is 5.54. The minimum Gasteiger partial charge on any atom is -0.508 e. The fraction of sp³-hybridized carbons (Fsp3) is 0.355. The number of hydrogen-bond acceptors (Lipinski definition) is 6. The first-order chi connectivity index (χ1) is 18.2. The van der Waals surface area contributed by atoms with Crippen molar-refractivity contribution in [2.45, 2.75) is 38.2 Å². The van der Waals surface area contributed by atoms with Crippen LogP contribution < -0.4 is 14.2 Å². The molecule has 1 saturated heterocycles. The number of hydrogen-bond donors (Lipinski definition) is 2. The van der Waals surface area contributed by atoms with Gasteiger partial charge in [-0.25, -0.2) is 0 Å². The molecule has 192 valence electrons. The standard InChI is InChI=1S/C31H33NO5/c33-22-8-12-27-28(19-22)36-17-13-26-25-11-7-23(34)20-29(25)37-31(30(26)27)21-5-9-24(10-6-21)35-18-16-32-14-3-1-2-4-15-32/h5-12,19-20,31,33-34H,1-4,13-18H2/t31-/m1/s1. The lowest BCUT2D eigenvalue weighted by molar-refractivity contribution is 0.214. The number of nitrogens with zero attached hydrogens (tertiary/aromatic N) is 1. The minimum atomic E-state index is -0.388. The van der Waals surface area contributed by atoms with Crippen molar-refractivity contribution in [1.29, 1.82) is 0 Å². The van der Waals surface area contributed by atoms with E-state index in [0.29, 0.717) is 31.1 Å².